The molecule has 9 heteroatoms. The number of rotatable bonds is 8. The fourth-order valence-corrected chi connectivity index (χ4v) is 3.66. The summed E-state index contributed by atoms with van der Waals surface area (Å²) in [5.74, 6) is 0.319. The van der Waals surface area contributed by atoms with Gasteiger partial charge in [0.15, 0.2) is 5.16 Å². The minimum Gasteiger partial charge on any atom is -0.466 e. The zero-order valence-electron chi connectivity index (χ0n) is 15.9. The van der Waals surface area contributed by atoms with Crippen molar-refractivity contribution in [3.8, 4) is 0 Å². The fraction of sp³-hybridized carbons (Fsp3) is 0.368. The minimum atomic E-state index is -0.490. The van der Waals surface area contributed by atoms with Gasteiger partial charge in [0.2, 0.25) is 5.76 Å². The lowest BCUT2D eigenvalue weighted by molar-refractivity contribution is -0.142. The van der Waals surface area contributed by atoms with E-state index in [0.717, 1.165) is 10.9 Å². The molecule has 0 fully saturated rings. The Morgan fingerprint density at radius 1 is 1.14 bits per heavy atom. The van der Waals surface area contributed by atoms with E-state index in [4.69, 9.17) is 13.9 Å². The first-order chi connectivity index (χ1) is 13.5. The molecule has 28 heavy (non-hydrogen) atoms. The number of nitrogens with zero attached hydrogens (tertiary/aromatic N) is 3. The van der Waals surface area contributed by atoms with Crippen LogP contribution in [0.25, 0.3) is 11.0 Å². The van der Waals surface area contributed by atoms with Gasteiger partial charge in [-0.1, -0.05) is 30.0 Å². The number of thioether (sulfide) groups is 1. The fourth-order valence-electron chi connectivity index (χ4n) is 2.71. The van der Waals surface area contributed by atoms with Crippen LogP contribution in [0.4, 0.5) is 0 Å². The van der Waals surface area contributed by atoms with Crippen LogP contribution in [0.3, 0.4) is 0 Å². The third kappa shape index (κ3) is 4.19. The molecule has 148 valence electrons. The topological polar surface area (TPSA) is 96.5 Å². The molecule has 0 unspecified atom stereocenters. The molecule has 0 saturated carbocycles. The number of hydrogen-bond acceptors (Lipinski definition) is 8. The Balaban J connectivity index is 1.82. The standard InChI is InChI=1S/C19H21N3O5S/c1-4-25-16(23)10-15-20-21-19(22(15)3)28-11-13-12-8-6-7-9-14(12)27-17(13)18(24)26-5-2/h6-9H,4-5,10-11H2,1-3H3. The van der Waals surface area contributed by atoms with Gasteiger partial charge in [-0.15, -0.1) is 10.2 Å². The second kappa shape index (κ2) is 8.92. The van der Waals surface area contributed by atoms with Crippen molar-refractivity contribution in [1.82, 2.24) is 14.8 Å². The van der Waals surface area contributed by atoms with Crippen LogP contribution in [-0.2, 0) is 33.5 Å². The van der Waals surface area contributed by atoms with Gasteiger partial charge < -0.3 is 18.5 Å². The van der Waals surface area contributed by atoms with Crippen molar-refractivity contribution >= 4 is 34.7 Å². The van der Waals surface area contributed by atoms with E-state index in [2.05, 4.69) is 10.2 Å². The predicted molar refractivity (Wildman–Crippen MR) is 103 cm³/mol. The molecule has 2 aromatic heterocycles. The number of esters is 2. The maximum absolute atomic E-state index is 12.3. The minimum absolute atomic E-state index is 0.0562. The largest absolute Gasteiger partial charge is 0.466 e. The van der Waals surface area contributed by atoms with Crippen LogP contribution in [0.2, 0.25) is 0 Å². The van der Waals surface area contributed by atoms with Gasteiger partial charge >= 0.3 is 11.9 Å². The molecule has 0 radical (unpaired) electrons. The molecule has 0 bridgehead atoms. The van der Waals surface area contributed by atoms with E-state index in [0.29, 0.717) is 28.9 Å². The van der Waals surface area contributed by atoms with E-state index >= 15 is 0 Å². The van der Waals surface area contributed by atoms with Crippen molar-refractivity contribution in [3.63, 3.8) is 0 Å². The molecule has 0 spiro atoms. The highest BCUT2D eigenvalue weighted by atomic mass is 32.2. The Bertz CT molecular complexity index is 995. The Labute approximate surface area is 166 Å². The van der Waals surface area contributed by atoms with Gasteiger partial charge in [-0.2, -0.15) is 0 Å². The molecule has 0 aliphatic carbocycles. The molecule has 1 aromatic carbocycles. The van der Waals surface area contributed by atoms with Crippen LogP contribution in [0.5, 0.6) is 0 Å². The van der Waals surface area contributed by atoms with Crippen molar-refractivity contribution in [3.05, 3.63) is 41.4 Å². The monoisotopic (exact) mass is 403 g/mol. The second-order valence-electron chi connectivity index (χ2n) is 5.85. The first-order valence-electron chi connectivity index (χ1n) is 8.89. The highest BCUT2D eigenvalue weighted by molar-refractivity contribution is 7.98. The molecular formula is C19H21N3O5S. The summed E-state index contributed by atoms with van der Waals surface area (Å²) in [7, 11) is 1.79. The van der Waals surface area contributed by atoms with Crippen molar-refractivity contribution in [2.24, 2.45) is 7.05 Å². The maximum Gasteiger partial charge on any atom is 0.374 e. The third-order valence-electron chi connectivity index (χ3n) is 4.04. The van der Waals surface area contributed by atoms with E-state index in [1.807, 2.05) is 24.3 Å². The van der Waals surface area contributed by atoms with Crippen LogP contribution in [-0.4, -0.2) is 39.9 Å². The summed E-state index contributed by atoms with van der Waals surface area (Å²) >= 11 is 1.40. The lowest BCUT2D eigenvalue weighted by atomic mass is 10.1. The highest BCUT2D eigenvalue weighted by Crippen LogP contribution is 2.32. The molecule has 3 rings (SSSR count). The quantitative estimate of drug-likeness (QED) is 0.418. The number of benzene rings is 1. The van der Waals surface area contributed by atoms with E-state index in [9.17, 15) is 9.59 Å². The number of fused-ring (bicyclic) bond motifs is 1. The van der Waals surface area contributed by atoms with Crippen LogP contribution < -0.4 is 0 Å². The summed E-state index contributed by atoms with van der Waals surface area (Å²) < 4.78 is 17.5. The molecule has 3 aromatic rings. The molecule has 0 atom stereocenters. The molecule has 0 aliphatic heterocycles. The lowest BCUT2D eigenvalue weighted by Crippen LogP contribution is -2.11. The maximum atomic E-state index is 12.3. The van der Waals surface area contributed by atoms with E-state index in [-0.39, 0.29) is 24.8 Å². The third-order valence-corrected chi connectivity index (χ3v) is 5.08. The molecule has 0 saturated heterocycles. The summed E-state index contributed by atoms with van der Waals surface area (Å²) in [6.45, 7) is 4.09. The number of carbonyl (C=O) groups excluding carboxylic acids is 2. The van der Waals surface area contributed by atoms with E-state index in [1.165, 1.54) is 11.8 Å². The average molecular weight is 403 g/mol. The van der Waals surface area contributed by atoms with Crippen LogP contribution in [0.1, 0.15) is 35.8 Å². The SMILES string of the molecule is CCOC(=O)Cc1nnc(SCc2c(C(=O)OCC)oc3ccccc23)n1C. The summed E-state index contributed by atoms with van der Waals surface area (Å²) in [6.07, 6.45) is 0.0562. The number of ether oxygens (including phenoxy) is 2. The normalized spacial score (nSPS) is 11.0. The van der Waals surface area contributed by atoms with Crippen LogP contribution in [0.15, 0.2) is 33.8 Å². The van der Waals surface area contributed by atoms with Crippen molar-refractivity contribution in [2.45, 2.75) is 31.2 Å². The number of furan rings is 1. The number of hydrogen-bond donors (Lipinski definition) is 0. The molecule has 2 heterocycles. The van der Waals surface area contributed by atoms with Gasteiger partial charge in [0.05, 0.1) is 13.2 Å². The van der Waals surface area contributed by atoms with Gasteiger partial charge in [-0.05, 0) is 19.9 Å². The lowest BCUT2D eigenvalue weighted by Gasteiger charge is -2.05. The first-order valence-corrected chi connectivity index (χ1v) is 9.87. The van der Waals surface area contributed by atoms with E-state index < -0.39 is 5.97 Å². The Hall–Kier alpha value is -2.81. The van der Waals surface area contributed by atoms with Gasteiger partial charge in [-0.25, -0.2) is 4.79 Å². The predicted octanol–water partition coefficient (Wildman–Crippen LogP) is 3.14. The molecule has 8 nitrogen and oxygen atoms in total. The van der Waals surface area contributed by atoms with Crippen molar-refractivity contribution in [1.29, 1.82) is 0 Å². The van der Waals surface area contributed by atoms with Crippen LogP contribution in [0, 0.1) is 0 Å². The zero-order chi connectivity index (χ0) is 20.1. The smallest absolute Gasteiger partial charge is 0.374 e. The van der Waals surface area contributed by atoms with Crippen molar-refractivity contribution in [2.75, 3.05) is 13.2 Å². The van der Waals surface area contributed by atoms with Gasteiger partial charge in [0, 0.05) is 23.8 Å². The summed E-state index contributed by atoms with van der Waals surface area (Å²) in [5, 5.41) is 9.68. The van der Waals surface area contributed by atoms with Crippen molar-refractivity contribution < 1.29 is 23.5 Å². The molecule has 0 amide bonds. The second-order valence-corrected chi connectivity index (χ2v) is 6.80. The number of carbonyl (C=O) groups is 2. The summed E-state index contributed by atoms with van der Waals surface area (Å²) in [4.78, 5) is 24.0. The van der Waals surface area contributed by atoms with Gasteiger partial charge in [0.1, 0.15) is 17.8 Å². The van der Waals surface area contributed by atoms with Crippen LogP contribution >= 0.6 is 11.8 Å². The Morgan fingerprint density at radius 2 is 1.89 bits per heavy atom. The average Bonchev–Trinajstić information content (AvgIpc) is 3.21. The summed E-state index contributed by atoms with van der Waals surface area (Å²) in [6, 6.07) is 7.45. The number of para-hydroxylation sites is 1. The first kappa shape index (κ1) is 19.9. The highest BCUT2D eigenvalue weighted by Gasteiger charge is 2.22. The van der Waals surface area contributed by atoms with Gasteiger partial charge in [-0.3, -0.25) is 4.79 Å². The summed E-state index contributed by atoms with van der Waals surface area (Å²) in [5.41, 5.74) is 1.37. The van der Waals surface area contributed by atoms with Gasteiger partial charge in [0.25, 0.3) is 0 Å². The molecule has 0 aliphatic rings. The Kier molecular flexibility index (Phi) is 6.35. The van der Waals surface area contributed by atoms with E-state index in [1.54, 1.807) is 25.5 Å². The zero-order valence-corrected chi connectivity index (χ0v) is 16.7. The number of aromatic nitrogens is 3. The molecule has 0 N–H and O–H groups in total. The Morgan fingerprint density at radius 3 is 2.64 bits per heavy atom. The molecular weight excluding hydrogens is 382 g/mol.